The van der Waals surface area contributed by atoms with E-state index in [9.17, 15) is 14.7 Å². The Bertz CT molecular complexity index is 1150. The van der Waals surface area contributed by atoms with E-state index in [2.05, 4.69) is 27.4 Å². The first-order valence-electron chi connectivity index (χ1n) is 10.8. The van der Waals surface area contributed by atoms with Crippen molar-refractivity contribution in [2.45, 2.75) is 36.3 Å². The van der Waals surface area contributed by atoms with Gasteiger partial charge in [0.15, 0.2) is 5.16 Å². The molecule has 2 N–H and O–H groups in total. The van der Waals surface area contributed by atoms with Gasteiger partial charge < -0.3 is 19.9 Å². The lowest BCUT2D eigenvalue weighted by atomic mass is 10.1. The van der Waals surface area contributed by atoms with Crippen molar-refractivity contribution in [2.24, 2.45) is 7.05 Å². The Kier molecular flexibility index (Phi) is 7.05. The Morgan fingerprint density at radius 2 is 2.12 bits per heavy atom. The molecule has 1 fully saturated rings. The first-order chi connectivity index (χ1) is 15.9. The van der Waals surface area contributed by atoms with Gasteiger partial charge in [0.1, 0.15) is 12.0 Å². The molecule has 0 radical (unpaired) electrons. The fourth-order valence-corrected chi connectivity index (χ4v) is 4.59. The molecule has 3 aromatic rings. The molecular formula is C23H26N6O3S. The van der Waals surface area contributed by atoms with Crippen molar-refractivity contribution in [1.82, 2.24) is 24.6 Å². The van der Waals surface area contributed by atoms with Crippen LogP contribution < -0.4 is 5.32 Å². The van der Waals surface area contributed by atoms with Crippen molar-refractivity contribution in [3.8, 4) is 0 Å². The predicted molar refractivity (Wildman–Crippen MR) is 125 cm³/mol. The summed E-state index contributed by atoms with van der Waals surface area (Å²) in [6, 6.07) is 10.7. The number of nitrogens with one attached hydrogen (secondary N) is 1. The van der Waals surface area contributed by atoms with E-state index >= 15 is 0 Å². The number of carbonyl (C=O) groups is 2. The highest BCUT2D eigenvalue weighted by atomic mass is 32.2. The predicted octanol–water partition coefficient (Wildman–Crippen LogP) is 2.91. The molecule has 1 aromatic carbocycles. The minimum Gasteiger partial charge on any atom is -0.391 e. The van der Waals surface area contributed by atoms with Gasteiger partial charge in [0.2, 0.25) is 0 Å². The van der Waals surface area contributed by atoms with Crippen LogP contribution in [0.1, 0.15) is 51.4 Å². The van der Waals surface area contributed by atoms with Crippen molar-refractivity contribution in [2.75, 3.05) is 18.4 Å². The second-order valence-corrected chi connectivity index (χ2v) is 9.35. The second-order valence-electron chi connectivity index (χ2n) is 8.04. The normalized spacial score (nSPS) is 16.9. The lowest BCUT2D eigenvalue weighted by molar-refractivity contribution is 0.0473. The molecule has 0 saturated carbocycles. The van der Waals surface area contributed by atoms with E-state index in [4.69, 9.17) is 0 Å². The van der Waals surface area contributed by atoms with Gasteiger partial charge in [-0.2, -0.15) is 0 Å². The Morgan fingerprint density at radius 3 is 2.88 bits per heavy atom. The van der Waals surface area contributed by atoms with Crippen LogP contribution in [0, 0.1) is 0 Å². The molecule has 1 aliphatic rings. The summed E-state index contributed by atoms with van der Waals surface area (Å²) in [5.74, 6) is -0.601. The maximum absolute atomic E-state index is 12.8. The van der Waals surface area contributed by atoms with Crippen molar-refractivity contribution < 1.29 is 14.7 Å². The van der Waals surface area contributed by atoms with Crippen LogP contribution in [0.2, 0.25) is 0 Å². The second kappa shape index (κ2) is 10.1. The minimum atomic E-state index is -0.506. The van der Waals surface area contributed by atoms with Crippen molar-refractivity contribution in [3.63, 3.8) is 0 Å². The molecular weight excluding hydrogens is 440 g/mol. The van der Waals surface area contributed by atoms with Gasteiger partial charge in [-0.1, -0.05) is 23.9 Å². The van der Waals surface area contributed by atoms with Gasteiger partial charge in [0.25, 0.3) is 11.8 Å². The third kappa shape index (κ3) is 5.58. The molecule has 3 heterocycles. The number of rotatable bonds is 6. The Hall–Kier alpha value is -3.24. The molecule has 172 valence electrons. The summed E-state index contributed by atoms with van der Waals surface area (Å²) in [4.78, 5) is 31.4. The van der Waals surface area contributed by atoms with Gasteiger partial charge in [-0.05, 0) is 49.6 Å². The third-order valence-corrected chi connectivity index (χ3v) is 6.70. The standard InChI is InChI=1S/C23H26N6O3S/c1-15(33-23-27-25-14-28(23)2)16-5-3-6-18(11-16)26-21(31)20-12-17(8-9-24-20)22(32)29-10-4-7-19(30)13-29/h3,5-6,8-9,11-12,14-15,19,30H,4,7,10,13H2,1-2H3,(H,26,31)/t15-,19-/m0/s1. The molecule has 1 aliphatic heterocycles. The van der Waals surface area contributed by atoms with Crippen LogP contribution >= 0.6 is 11.8 Å². The van der Waals surface area contributed by atoms with Crippen molar-refractivity contribution in [1.29, 1.82) is 0 Å². The number of hydrogen-bond acceptors (Lipinski definition) is 7. The summed E-state index contributed by atoms with van der Waals surface area (Å²) in [5.41, 5.74) is 2.21. The Labute approximate surface area is 196 Å². The number of benzene rings is 1. The molecule has 2 aromatic heterocycles. The Morgan fingerprint density at radius 1 is 1.27 bits per heavy atom. The van der Waals surface area contributed by atoms with Crippen molar-refractivity contribution >= 4 is 29.3 Å². The molecule has 4 rings (SSSR count). The number of thioether (sulfide) groups is 1. The van der Waals surface area contributed by atoms with Gasteiger partial charge in [-0.3, -0.25) is 14.6 Å². The van der Waals surface area contributed by atoms with Gasteiger partial charge in [0.05, 0.1) is 6.10 Å². The average Bonchev–Trinajstić information content (AvgIpc) is 3.23. The van der Waals surface area contributed by atoms with Crippen LogP contribution in [0.5, 0.6) is 0 Å². The highest BCUT2D eigenvalue weighted by Crippen LogP contribution is 2.34. The van der Waals surface area contributed by atoms with Crippen LogP contribution in [-0.2, 0) is 7.05 Å². The van der Waals surface area contributed by atoms with E-state index in [1.807, 2.05) is 35.9 Å². The zero-order valence-electron chi connectivity index (χ0n) is 18.5. The maximum Gasteiger partial charge on any atom is 0.274 e. The molecule has 2 atom stereocenters. The first kappa shape index (κ1) is 22.9. The molecule has 1 saturated heterocycles. The van der Waals surface area contributed by atoms with E-state index in [0.29, 0.717) is 30.8 Å². The van der Waals surface area contributed by atoms with Crippen LogP contribution in [-0.4, -0.2) is 60.8 Å². The van der Waals surface area contributed by atoms with Gasteiger partial charge >= 0.3 is 0 Å². The SMILES string of the molecule is C[C@H](Sc1nncn1C)c1cccc(NC(=O)c2cc(C(=O)N3CCC[C@H](O)C3)ccn2)c1. The topological polar surface area (TPSA) is 113 Å². The smallest absolute Gasteiger partial charge is 0.274 e. The number of anilines is 1. The highest BCUT2D eigenvalue weighted by molar-refractivity contribution is 7.99. The number of carbonyl (C=O) groups excluding carboxylic acids is 2. The van der Waals surface area contributed by atoms with E-state index in [-0.39, 0.29) is 16.9 Å². The molecule has 0 spiro atoms. The highest BCUT2D eigenvalue weighted by Gasteiger charge is 2.24. The van der Waals surface area contributed by atoms with E-state index in [0.717, 1.165) is 17.1 Å². The number of nitrogens with zero attached hydrogens (tertiary/aromatic N) is 5. The molecule has 10 heteroatoms. The van der Waals surface area contributed by atoms with Crippen molar-refractivity contribution in [3.05, 3.63) is 65.7 Å². The van der Waals surface area contributed by atoms with Gasteiger partial charge in [0, 0.05) is 42.8 Å². The quantitative estimate of drug-likeness (QED) is 0.537. The summed E-state index contributed by atoms with van der Waals surface area (Å²) in [7, 11) is 1.89. The molecule has 33 heavy (non-hydrogen) atoms. The summed E-state index contributed by atoms with van der Waals surface area (Å²) in [6.07, 6.45) is 4.06. The van der Waals surface area contributed by atoms with Gasteiger partial charge in [-0.15, -0.1) is 10.2 Å². The zero-order chi connectivity index (χ0) is 23.4. The summed E-state index contributed by atoms with van der Waals surface area (Å²) in [6.45, 7) is 2.96. The summed E-state index contributed by atoms with van der Waals surface area (Å²) >= 11 is 1.58. The number of amides is 2. The Balaban J connectivity index is 1.44. The monoisotopic (exact) mass is 466 g/mol. The van der Waals surface area contributed by atoms with E-state index in [1.54, 1.807) is 29.1 Å². The molecule has 9 nitrogen and oxygen atoms in total. The van der Waals surface area contributed by atoms with Gasteiger partial charge in [-0.25, -0.2) is 0 Å². The molecule has 0 unspecified atom stereocenters. The number of piperidine rings is 1. The average molecular weight is 467 g/mol. The summed E-state index contributed by atoms with van der Waals surface area (Å²) < 4.78 is 1.86. The zero-order valence-corrected chi connectivity index (χ0v) is 19.3. The van der Waals surface area contributed by atoms with Crippen LogP contribution in [0.25, 0.3) is 0 Å². The maximum atomic E-state index is 12.8. The minimum absolute atomic E-state index is 0.101. The van der Waals surface area contributed by atoms with E-state index in [1.165, 1.54) is 12.3 Å². The number of hydrogen-bond donors (Lipinski definition) is 2. The first-order valence-corrected chi connectivity index (χ1v) is 11.6. The number of β-amino-alcohol motifs (C(OH)–C–C–N with tert-alkyl or cyclic N) is 1. The number of aliphatic hydroxyl groups is 1. The number of likely N-dealkylation sites (tertiary alicyclic amines) is 1. The number of aromatic nitrogens is 4. The molecule has 0 bridgehead atoms. The number of aryl methyl sites for hydroxylation is 1. The molecule has 2 amide bonds. The van der Waals surface area contributed by atoms with Crippen LogP contribution in [0.15, 0.2) is 54.1 Å². The largest absolute Gasteiger partial charge is 0.391 e. The van der Waals surface area contributed by atoms with Crippen LogP contribution in [0.4, 0.5) is 5.69 Å². The van der Waals surface area contributed by atoms with Crippen LogP contribution in [0.3, 0.4) is 0 Å². The fourth-order valence-electron chi connectivity index (χ4n) is 3.68. The number of aliphatic hydroxyl groups excluding tert-OH is 1. The lowest BCUT2D eigenvalue weighted by Gasteiger charge is -2.30. The fraction of sp³-hybridized carbons (Fsp3) is 0.348. The number of pyridine rings is 1. The molecule has 0 aliphatic carbocycles. The third-order valence-electron chi connectivity index (χ3n) is 5.49. The van der Waals surface area contributed by atoms with E-state index < -0.39 is 12.0 Å². The lowest BCUT2D eigenvalue weighted by Crippen LogP contribution is -2.42. The summed E-state index contributed by atoms with van der Waals surface area (Å²) in [5, 5.41) is 21.6.